The van der Waals surface area contributed by atoms with Gasteiger partial charge in [0, 0.05) is 18.3 Å². The van der Waals surface area contributed by atoms with Crippen LogP contribution in [0.15, 0.2) is 27.4 Å². The lowest BCUT2D eigenvalue weighted by atomic mass is 10.2. The van der Waals surface area contributed by atoms with Gasteiger partial charge in [-0.3, -0.25) is 4.98 Å². The molecule has 1 aromatic heterocycles. The van der Waals surface area contributed by atoms with Crippen molar-refractivity contribution < 1.29 is 4.42 Å². The number of nitrogens with two attached hydrogens (primary N) is 1. The SMILES string of the molecule is CC(CN)CNc1ccc2[nH]c(=O)oc2c1. The Kier molecular flexibility index (Phi) is 2.96. The molecule has 0 saturated heterocycles. The van der Waals surface area contributed by atoms with E-state index in [1.54, 1.807) is 6.07 Å². The maximum absolute atomic E-state index is 11.0. The number of oxazole rings is 1. The van der Waals surface area contributed by atoms with Gasteiger partial charge in [-0.2, -0.15) is 0 Å². The molecule has 0 amide bonds. The van der Waals surface area contributed by atoms with Gasteiger partial charge in [-0.05, 0) is 24.6 Å². The molecule has 1 atom stereocenters. The second-order valence-electron chi connectivity index (χ2n) is 3.95. The van der Waals surface area contributed by atoms with Crippen molar-refractivity contribution in [1.82, 2.24) is 4.98 Å². The number of aromatic nitrogens is 1. The first-order valence-corrected chi connectivity index (χ1v) is 5.26. The van der Waals surface area contributed by atoms with Gasteiger partial charge >= 0.3 is 5.76 Å². The van der Waals surface area contributed by atoms with E-state index in [0.717, 1.165) is 12.2 Å². The summed E-state index contributed by atoms with van der Waals surface area (Å²) in [5, 5.41) is 3.24. The van der Waals surface area contributed by atoms with E-state index in [1.807, 2.05) is 12.1 Å². The lowest BCUT2D eigenvalue weighted by molar-refractivity contribution is 0.555. The van der Waals surface area contributed by atoms with Crippen LogP contribution in [-0.2, 0) is 0 Å². The quantitative estimate of drug-likeness (QED) is 0.722. The molecule has 0 aliphatic heterocycles. The highest BCUT2D eigenvalue weighted by Crippen LogP contribution is 2.16. The number of anilines is 1. The fraction of sp³-hybridized carbons (Fsp3) is 0.364. The zero-order chi connectivity index (χ0) is 11.5. The fourth-order valence-corrected chi connectivity index (χ4v) is 1.43. The lowest BCUT2D eigenvalue weighted by Crippen LogP contribution is -2.19. The minimum Gasteiger partial charge on any atom is -0.408 e. The molecule has 5 heteroatoms. The fourth-order valence-electron chi connectivity index (χ4n) is 1.43. The summed E-state index contributed by atoms with van der Waals surface area (Å²) in [6.45, 7) is 3.52. The highest BCUT2D eigenvalue weighted by atomic mass is 16.4. The molecule has 0 aliphatic carbocycles. The number of H-pyrrole nitrogens is 1. The normalized spacial score (nSPS) is 12.9. The molecule has 0 fully saturated rings. The summed E-state index contributed by atoms with van der Waals surface area (Å²) in [5.41, 5.74) is 7.73. The number of hydrogen-bond acceptors (Lipinski definition) is 4. The third kappa shape index (κ3) is 2.25. The highest BCUT2D eigenvalue weighted by Gasteiger charge is 2.03. The number of hydrogen-bond donors (Lipinski definition) is 3. The average Bonchev–Trinajstić information content (AvgIpc) is 2.65. The van der Waals surface area contributed by atoms with Crippen LogP contribution in [0.1, 0.15) is 6.92 Å². The molecule has 4 N–H and O–H groups in total. The molecule has 2 aromatic rings. The molecule has 86 valence electrons. The molecule has 16 heavy (non-hydrogen) atoms. The molecule has 0 spiro atoms. The average molecular weight is 221 g/mol. The zero-order valence-electron chi connectivity index (χ0n) is 9.12. The van der Waals surface area contributed by atoms with Crippen LogP contribution in [0, 0.1) is 5.92 Å². The lowest BCUT2D eigenvalue weighted by Gasteiger charge is -2.10. The van der Waals surface area contributed by atoms with Crippen LogP contribution >= 0.6 is 0 Å². The van der Waals surface area contributed by atoms with Gasteiger partial charge in [-0.15, -0.1) is 0 Å². The van der Waals surface area contributed by atoms with E-state index in [1.165, 1.54) is 0 Å². The summed E-state index contributed by atoms with van der Waals surface area (Å²) in [4.78, 5) is 13.5. The smallest absolute Gasteiger partial charge is 0.408 e. The number of benzene rings is 1. The number of fused-ring (bicyclic) bond motifs is 1. The van der Waals surface area contributed by atoms with E-state index in [-0.39, 0.29) is 0 Å². The summed E-state index contributed by atoms with van der Waals surface area (Å²) in [5.74, 6) is -0.0172. The minimum absolute atomic E-state index is 0.411. The Morgan fingerprint density at radius 3 is 3.12 bits per heavy atom. The summed E-state index contributed by atoms with van der Waals surface area (Å²) < 4.78 is 4.97. The molecular formula is C11H15N3O2. The van der Waals surface area contributed by atoms with E-state index in [9.17, 15) is 4.79 Å². The third-order valence-corrected chi connectivity index (χ3v) is 2.48. The highest BCUT2D eigenvalue weighted by molar-refractivity contribution is 5.76. The van der Waals surface area contributed by atoms with E-state index in [4.69, 9.17) is 10.2 Å². The van der Waals surface area contributed by atoms with E-state index in [2.05, 4.69) is 17.2 Å². The van der Waals surface area contributed by atoms with Crippen molar-refractivity contribution in [1.29, 1.82) is 0 Å². The second kappa shape index (κ2) is 4.40. The molecular weight excluding hydrogens is 206 g/mol. The summed E-state index contributed by atoms with van der Waals surface area (Å²) in [6.07, 6.45) is 0. The van der Waals surface area contributed by atoms with Crippen LogP contribution in [0.3, 0.4) is 0 Å². The Labute approximate surface area is 92.6 Å². The van der Waals surface area contributed by atoms with E-state index < -0.39 is 5.76 Å². The Morgan fingerprint density at radius 1 is 1.56 bits per heavy atom. The zero-order valence-corrected chi connectivity index (χ0v) is 9.12. The Morgan fingerprint density at radius 2 is 2.38 bits per heavy atom. The Balaban J connectivity index is 2.16. The third-order valence-electron chi connectivity index (χ3n) is 2.48. The maximum atomic E-state index is 11.0. The molecule has 0 bridgehead atoms. The van der Waals surface area contributed by atoms with Gasteiger partial charge in [0.05, 0.1) is 5.52 Å². The van der Waals surface area contributed by atoms with Crippen LogP contribution in [0.25, 0.3) is 11.1 Å². The van der Waals surface area contributed by atoms with Crippen molar-refractivity contribution in [2.24, 2.45) is 11.7 Å². The van der Waals surface area contributed by atoms with Gasteiger partial charge in [-0.1, -0.05) is 6.92 Å². The van der Waals surface area contributed by atoms with Crippen molar-refractivity contribution >= 4 is 16.8 Å². The molecule has 1 heterocycles. The molecule has 0 radical (unpaired) electrons. The van der Waals surface area contributed by atoms with Gasteiger partial charge in [0.2, 0.25) is 0 Å². The van der Waals surface area contributed by atoms with Crippen LogP contribution in [0.2, 0.25) is 0 Å². The van der Waals surface area contributed by atoms with Crippen LogP contribution in [-0.4, -0.2) is 18.1 Å². The topological polar surface area (TPSA) is 84.0 Å². The van der Waals surface area contributed by atoms with Gasteiger partial charge in [0.15, 0.2) is 5.58 Å². The predicted octanol–water partition coefficient (Wildman–Crippen LogP) is 1.13. The molecule has 0 saturated carbocycles. The summed E-state index contributed by atoms with van der Waals surface area (Å²) in [7, 11) is 0. The molecule has 1 unspecified atom stereocenters. The van der Waals surface area contributed by atoms with Crippen molar-refractivity contribution in [3.8, 4) is 0 Å². The van der Waals surface area contributed by atoms with Crippen molar-refractivity contribution in [3.63, 3.8) is 0 Å². The molecule has 1 aromatic carbocycles. The predicted molar refractivity (Wildman–Crippen MR) is 63.5 cm³/mol. The van der Waals surface area contributed by atoms with Crippen molar-refractivity contribution in [2.45, 2.75) is 6.92 Å². The molecule has 2 rings (SSSR count). The number of nitrogens with one attached hydrogen (secondary N) is 2. The van der Waals surface area contributed by atoms with Crippen molar-refractivity contribution in [2.75, 3.05) is 18.4 Å². The standard InChI is InChI=1S/C11H15N3O2/c1-7(5-12)6-13-8-2-3-9-10(4-8)16-11(15)14-9/h2-4,7,13H,5-6,12H2,1H3,(H,14,15). The van der Waals surface area contributed by atoms with E-state index >= 15 is 0 Å². The van der Waals surface area contributed by atoms with Crippen LogP contribution < -0.4 is 16.8 Å². The number of aromatic amines is 1. The summed E-state index contributed by atoms with van der Waals surface area (Å²) >= 11 is 0. The van der Waals surface area contributed by atoms with Crippen molar-refractivity contribution in [3.05, 3.63) is 28.7 Å². The maximum Gasteiger partial charge on any atom is 0.417 e. The molecule has 5 nitrogen and oxygen atoms in total. The largest absolute Gasteiger partial charge is 0.417 e. The molecule has 0 aliphatic rings. The van der Waals surface area contributed by atoms with Crippen LogP contribution in [0.4, 0.5) is 5.69 Å². The van der Waals surface area contributed by atoms with Gasteiger partial charge in [-0.25, -0.2) is 4.79 Å². The first-order chi connectivity index (χ1) is 7.69. The Bertz CT molecular complexity index is 529. The monoisotopic (exact) mass is 221 g/mol. The first kappa shape index (κ1) is 10.8. The first-order valence-electron chi connectivity index (χ1n) is 5.26. The van der Waals surface area contributed by atoms with Gasteiger partial charge in [0.1, 0.15) is 0 Å². The Hall–Kier alpha value is -1.75. The second-order valence-corrected chi connectivity index (χ2v) is 3.95. The van der Waals surface area contributed by atoms with Crippen LogP contribution in [0.5, 0.6) is 0 Å². The van der Waals surface area contributed by atoms with Gasteiger partial charge in [0.25, 0.3) is 0 Å². The summed E-state index contributed by atoms with van der Waals surface area (Å²) in [6, 6.07) is 5.52. The number of rotatable bonds is 4. The minimum atomic E-state index is -0.428. The van der Waals surface area contributed by atoms with E-state index in [0.29, 0.717) is 23.6 Å². The van der Waals surface area contributed by atoms with Gasteiger partial charge < -0.3 is 15.5 Å².